The molecule has 2 nitrogen and oxygen atoms in total. The first-order valence-corrected chi connectivity index (χ1v) is 7.22. The van der Waals surface area contributed by atoms with Gasteiger partial charge in [0.1, 0.15) is 0 Å². The number of unbranched alkanes of at least 4 members (excludes halogenated alkanes) is 2. The van der Waals surface area contributed by atoms with Gasteiger partial charge in [-0.2, -0.15) is 0 Å². The van der Waals surface area contributed by atoms with Crippen molar-refractivity contribution in [2.45, 2.75) is 52.4 Å². The molecule has 1 amide bonds. The van der Waals surface area contributed by atoms with Crippen LogP contribution in [0.2, 0.25) is 0 Å². The number of nitrogens with one attached hydrogen (secondary N) is 1. The second-order valence-electron chi connectivity index (χ2n) is 3.93. The molecule has 1 atom stereocenters. The molecule has 0 radical (unpaired) electrons. The second-order valence-corrected chi connectivity index (χ2v) is 4.73. The van der Waals surface area contributed by atoms with E-state index in [2.05, 4.69) is 35.1 Å². The lowest BCUT2D eigenvalue weighted by Crippen LogP contribution is -2.31. The summed E-state index contributed by atoms with van der Waals surface area (Å²) in [5.74, 6) is 0.481. The van der Waals surface area contributed by atoms with Gasteiger partial charge in [-0.1, -0.05) is 42.6 Å². The zero-order valence-corrected chi connectivity index (χ0v) is 11.6. The lowest BCUT2D eigenvalue weighted by molar-refractivity contribution is -0.125. The van der Waals surface area contributed by atoms with E-state index in [-0.39, 0.29) is 11.8 Å². The Hall–Kier alpha value is -0.0500. The average Bonchev–Trinajstić information content (AvgIpc) is 2.25. The molecule has 1 unspecified atom stereocenters. The van der Waals surface area contributed by atoms with Crippen LogP contribution in [0.4, 0.5) is 0 Å². The number of amides is 1. The Bertz CT molecular complexity index is 162. The number of hydrogen-bond acceptors (Lipinski definition) is 1. The summed E-state index contributed by atoms with van der Waals surface area (Å²) in [6.45, 7) is 5.09. The first kappa shape index (κ1) is 14.9. The van der Waals surface area contributed by atoms with Gasteiger partial charge >= 0.3 is 0 Å². The SMILES string of the molecule is CCCCC(CC)C(=O)NCCCCBr. The van der Waals surface area contributed by atoms with E-state index in [1.165, 1.54) is 6.42 Å². The van der Waals surface area contributed by atoms with Gasteiger partial charge in [0, 0.05) is 17.8 Å². The summed E-state index contributed by atoms with van der Waals surface area (Å²) >= 11 is 3.38. The Morgan fingerprint density at radius 1 is 1.27 bits per heavy atom. The molecule has 0 aromatic carbocycles. The third-order valence-corrected chi connectivity index (χ3v) is 3.19. The first-order chi connectivity index (χ1) is 7.26. The van der Waals surface area contributed by atoms with Crippen LogP contribution < -0.4 is 5.32 Å². The summed E-state index contributed by atoms with van der Waals surface area (Å²) in [6, 6.07) is 0. The van der Waals surface area contributed by atoms with Gasteiger partial charge in [0.25, 0.3) is 0 Å². The third-order valence-electron chi connectivity index (χ3n) is 2.63. The van der Waals surface area contributed by atoms with E-state index >= 15 is 0 Å². The average molecular weight is 278 g/mol. The molecule has 90 valence electrons. The van der Waals surface area contributed by atoms with Gasteiger partial charge in [-0.3, -0.25) is 4.79 Å². The van der Waals surface area contributed by atoms with Crippen LogP contribution in [-0.4, -0.2) is 17.8 Å². The normalized spacial score (nSPS) is 12.5. The smallest absolute Gasteiger partial charge is 0.223 e. The van der Waals surface area contributed by atoms with E-state index in [9.17, 15) is 4.79 Å². The highest BCUT2D eigenvalue weighted by Crippen LogP contribution is 2.12. The molecule has 1 N–H and O–H groups in total. The van der Waals surface area contributed by atoms with Crippen LogP contribution in [0.25, 0.3) is 0 Å². The van der Waals surface area contributed by atoms with Crippen LogP contribution in [0.15, 0.2) is 0 Å². The monoisotopic (exact) mass is 277 g/mol. The van der Waals surface area contributed by atoms with Crippen molar-refractivity contribution in [3.05, 3.63) is 0 Å². The topological polar surface area (TPSA) is 29.1 Å². The molecule has 0 fully saturated rings. The molecule has 0 aromatic heterocycles. The van der Waals surface area contributed by atoms with Gasteiger partial charge in [0.15, 0.2) is 0 Å². The predicted octanol–water partition coefficient (Wildman–Crippen LogP) is 3.49. The number of hydrogen-bond donors (Lipinski definition) is 1. The number of carbonyl (C=O) groups is 1. The fraction of sp³-hybridized carbons (Fsp3) is 0.917. The van der Waals surface area contributed by atoms with Gasteiger partial charge in [0.05, 0.1) is 0 Å². The fourth-order valence-corrected chi connectivity index (χ4v) is 1.94. The highest BCUT2D eigenvalue weighted by atomic mass is 79.9. The van der Waals surface area contributed by atoms with Crippen molar-refractivity contribution in [3.8, 4) is 0 Å². The summed E-state index contributed by atoms with van der Waals surface area (Å²) < 4.78 is 0. The number of carbonyl (C=O) groups excluding carboxylic acids is 1. The quantitative estimate of drug-likeness (QED) is 0.507. The Kier molecular flexibility index (Phi) is 10.4. The fourth-order valence-electron chi connectivity index (χ4n) is 1.55. The lowest BCUT2D eigenvalue weighted by Gasteiger charge is -2.14. The van der Waals surface area contributed by atoms with E-state index < -0.39 is 0 Å². The van der Waals surface area contributed by atoms with Crippen LogP contribution in [0.3, 0.4) is 0 Å². The number of alkyl halides is 1. The second kappa shape index (κ2) is 10.5. The lowest BCUT2D eigenvalue weighted by atomic mass is 9.98. The molecular formula is C12H24BrNO. The minimum Gasteiger partial charge on any atom is -0.356 e. The Labute approximate surface area is 102 Å². The van der Waals surface area contributed by atoms with Gasteiger partial charge in [-0.05, 0) is 25.7 Å². The zero-order chi connectivity index (χ0) is 11.5. The summed E-state index contributed by atoms with van der Waals surface area (Å²) in [6.07, 6.45) is 6.54. The molecule has 15 heavy (non-hydrogen) atoms. The molecule has 0 saturated heterocycles. The van der Waals surface area contributed by atoms with Gasteiger partial charge in [-0.15, -0.1) is 0 Å². The Balaban J connectivity index is 3.63. The largest absolute Gasteiger partial charge is 0.356 e. The van der Waals surface area contributed by atoms with Crippen molar-refractivity contribution in [3.63, 3.8) is 0 Å². The van der Waals surface area contributed by atoms with Crippen molar-refractivity contribution >= 4 is 21.8 Å². The highest BCUT2D eigenvalue weighted by molar-refractivity contribution is 9.09. The molecule has 0 heterocycles. The van der Waals surface area contributed by atoms with Gasteiger partial charge < -0.3 is 5.32 Å². The van der Waals surface area contributed by atoms with Crippen molar-refractivity contribution in [2.24, 2.45) is 5.92 Å². The summed E-state index contributed by atoms with van der Waals surface area (Å²) in [4.78, 5) is 11.7. The minimum atomic E-state index is 0.230. The van der Waals surface area contributed by atoms with Crippen molar-refractivity contribution in [1.82, 2.24) is 5.32 Å². The molecular weight excluding hydrogens is 254 g/mol. The molecule has 0 saturated carbocycles. The molecule has 3 heteroatoms. The van der Waals surface area contributed by atoms with Crippen molar-refractivity contribution in [2.75, 3.05) is 11.9 Å². The molecule has 0 aliphatic carbocycles. The molecule has 0 aromatic rings. The summed E-state index contributed by atoms with van der Waals surface area (Å²) in [7, 11) is 0. The zero-order valence-electron chi connectivity index (χ0n) is 10.0. The van der Waals surface area contributed by atoms with Crippen LogP contribution in [0.1, 0.15) is 52.4 Å². The van der Waals surface area contributed by atoms with E-state index in [4.69, 9.17) is 0 Å². The van der Waals surface area contributed by atoms with Crippen molar-refractivity contribution in [1.29, 1.82) is 0 Å². The van der Waals surface area contributed by atoms with Gasteiger partial charge in [0.2, 0.25) is 5.91 Å². The van der Waals surface area contributed by atoms with Crippen molar-refractivity contribution < 1.29 is 4.79 Å². The molecule has 0 rings (SSSR count). The first-order valence-electron chi connectivity index (χ1n) is 6.09. The highest BCUT2D eigenvalue weighted by Gasteiger charge is 2.14. The molecule has 0 spiro atoms. The van der Waals surface area contributed by atoms with Crippen LogP contribution in [0.5, 0.6) is 0 Å². The standard InChI is InChI=1S/C12H24BrNO/c1-3-5-8-11(4-2)12(15)14-10-7-6-9-13/h11H,3-10H2,1-2H3,(H,14,15). The maximum Gasteiger partial charge on any atom is 0.223 e. The summed E-state index contributed by atoms with van der Waals surface area (Å²) in [5, 5.41) is 4.04. The Morgan fingerprint density at radius 3 is 2.53 bits per heavy atom. The molecule has 0 aliphatic heterocycles. The Morgan fingerprint density at radius 2 is 2.00 bits per heavy atom. The van der Waals surface area contributed by atoms with Gasteiger partial charge in [-0.25, -0.2) is 0 Å². The molecule has 0 bridgehead atoms. The third kappa shape index (κ3) is 7.83. The summed E-state index contributed by atoms with van der Waals surface area (Å²) in [5.41, 5.74) is 0. The van der Waals surface area contributed by atoms with Crippen LogP contribution >= 0.6 is 15.9 Å². The predicted molar refractivity (Wildman–Crippen MR) is 69.3 cm³/mol. The van der Waals surface area contributed by atoms with E-state index in [1.807, 2.05) is 0 Å². The minimum absolute atomic E-state index is 0.230. The van der Waals surface area contributed by atoms with E-state index in [0.29, 0.717) is 0 Å². The van der Waals surface area contributed by atoms with Crippen LogP contribution in [-0.2, 0) is 4.79 Å². The maximum absolute atomic E-state index is 11.7. The maximum atomic E-state index is 11.7. The van der Waals surface area contributed by atoms with E-state index in [0.717, 1.165) is 44.0 Å². The molecule has 0 aliphatic rings. The number of halogens is 1. The van der Waals surface area contributed by atoms with E-state index in [1.54, 1.807) is 0 Å². The number of rotatable bonds is 9. The van der Waals surface area contributed by atoms with Crippen LogP contribution in [0, 0.1) is 5.92 Å².